The van der Waals surface area contributed by atoms with Gasteiger partial charge in [-0.3, -0.25) is 10.1 Å². The summed E-state index contributed by atoms with van der Waals surface area (Å²) in [6.07, 6.45) is 2.67. The first-order valence-electron chi connectivity index (χ1n) is 9.08. The zero-order valence-electron chi connectivity index (χ0n) is 15.7. The topological polar surface area (TPSA) is 80.2 Å². The van der Waals surface area contributed by atoms with Gasteiger partial charge in [-0.1, -0.05) is 23.5 Å². The molecule has 1 saturated heterocycles. The minimum absolute atomic E-state index is 0.235. The summed E-state index contributed by atoms with van der Waals surface area (Å²) in [4.78, 5) is 19.1. The number of aromatic nitrogens is 3. The zero-order chi connectivity index (χ0) is 19.5. The van der Waals surface area contributed by atoms with Gasteiger partial charge in [0.25, 0.3) is 5.91 Å². The molecule has 2 atom stereocenters. The Balaban J connectivity index is 1.44. The molecule has 1 N–H and O–H groups in total. The van der Waals surface area contributed by atoms with Crippen molar-refractivity contribution in [1.29, 1.82) is 0 Å². The molecule has 3 aromatic rings. The second kappa shape index (κ2) is 7.93. The van der Waals surface area contributed by atoms with Crippen LogP contribution >= 0.6 is 11.3 Å². The van der Waals surface area contributed by atoms with Crippen LogP contribution < -0.4 is 15.0 Å². The minimum Gasteiger partial charge on any atom is -0.497 e. The average Bonchev–Trinajstić information content (AvgIpc) is 3.38. The lowest BCUT2D eigenvalue weighted by Gasteiger charge is -2.22. The number of anilines is 2. The Kier molecular flexibility index (Phi) is 5.21. The second-order valence-electron chi connectivity index (χ2n) is 6.81. The molecule has 0 aliphatic carbocycles. The van der Waals surface area contributed by atoms with Crippen LogP contribution in [0.4, 0.5) is 10.9 Å². The molecular formula is C20H21N5O2S. The van der Waals surface area contributed by atoms with Gasteiger partial charge in [-0.2, -0.15) is 0 Å². The Hall–Kier alpha value is -3.00. The fourth-order valence-electron chi connectivity index (χ4n) is 3.55. The molecular weight excluding hydrogens is 374 g/mol. The van der Waals surface area contributed by atoms with Crippen molar-refractivity contribution >= 4 is 28.2 Å². The van der Waals surface area contributed by atoms with Crippen LogP contribution in [0.3, 0.4) is 0 Å². The van der Waals surface area contributed by atoms with Gasteiger partial charge in [-0.25, -0.2) is 4.98 Å². The third kappa shape index (κ3) is 3.82. The van der Waals surface area contributed by atoms with Crippen molar-refractivity contribution in [3.05, 3.63) is 59.2 Å². The number of amides is 1. The van der Waals surface area contributed by atoms with Crippen molar-refractivity contribution < 1.29 is 9.53 Å². The zero-order valence-corrected chi connectivity index (χ0v) is 16.5. The molecule has 1 aromatic carbocycles. The van der Waals surface area contributed by atoms with Crippen LogP contribution in [-0.2, 0) is 0 Å². The Morgan fingerprint density at radius 1 is 1.25 bits per heavy atom. The molecule has 0 spiro atoms. The predicted octanol–water partition coefficient (Wildman–Crippen LogP) is 3.58. The Morgan fingerprint density at radius 3 is 2.71 bits per heavy atom. The standard InChI is InChI=1S/C20H21N5O2S/c1-13-9-16(14-3-6-17(27-2)7-4-14)11-25(13)18-8-5-15(10-21-18)19(26)23-20-24-22-12-28-20/h3-8,10,12-13,16H,9,11H2,1-2H3,(H,23,24,26). The van der Waals surface area contributed by atoms with E-state index in [1.165, 1.54) is 16.9 Å². The van der Waals surface area contributed by atoms with Crippen LogP contribution in [0.5, 0.6) is 5.75 Å². The van der Waals surface area contributed by atoms with E-state index in [-0.39, 0.29) is 5.91 Å². The quantitative estimate of drug-likeness (QED) is 0.711. The van der Waals surface area contributed by atoms with Gasteiger partial charge in [0.2, 0.25) is 5.13 Å². The maximum atomic E-state index is 12.3. The summed E-state index contributed by atoms with van der Waals surface area (Å²) < 4.78 is 5.25. The van der Waals surface area contributed by atoms with Crippen molar-refractivity contribution in [1.82, 2.24) is 15.2 Å². The smallest absolute Gasteiger partial charge is 0.259 e. The first kappa shape index (κ1) is 18.4. The Morgan fingerprint density at radius 2 is 2.07 bits per heavy atom. The van der Waals surface area contributed by atoms with Gasteiger partial charge in [0.05, 0.1) is 12.7 Å². The molecule has 3 heterocycles. The van der Waals surface area contributed by atoms with E-state index < -0.39 is 0 Å². The summed E-state index contributed by atoms with van der Waals surface area (Å²) in [5, 5.41) is 10.7. The number of methoxy groups -OCH3 is 1. The fraction of sp³-hybridized carbons (Fsp3) is 0.300. The molecule has 1 aliphatic heterocycles. The van der Waals surface area contributed by atoms with E-state index >= 15 is 0 Å². The van der Waals surface area contributed by atoms with Crippen LogP contribution in [0.15, 0.2) is 48.1 Å². The lowest BCUT2D eigenvalue weighted by molar-refractivity contribution is 0.102. The predicted molar refractivity (Wildman–Crippen MR) is 109 cm³/mol. The van der Waals surface area contributed by atoms with Crippen molar-refractivity contribution in [2.75, 3.05) is 23.9 Å². The van der Waals surface area contributed by atoms with Crippen molar-refractivity contribution in [2.24, 2.45) is 0 Å². The summed E-state index contributed by atoms with van der Waals surface area (Å²) in [6.45, 7) is 3.11. The first-order chi connectivity index (χ1) is 13.6. The molecule has 144 valence electrons. The lowest BCUT2D eigenvalue weighted by atomic mass is 9.97. The van der Waals surface area contributed by atoms with Gasteiger partial charge in [0, 0.05) is 24.7 Å². The second-order valence-corrected chi connectivity index (χ2v) is 7.64. The number of ether oxygens (including phenoxy) is 1. The number of nitrogens with one attached hydrogen (secondary N) is 1. The van der Waals surface area contributed by atoms with Crippen molar-refractivity contribution in [3.8, 4) is 5.75 Å². The van der Waals surface area contributed by atoms with Gasteiger partial charge in [-0.15, -0.1) is 10.2 Å². The third-order valence-corrected chi connectivity index (χ3v) is 5.65. The van der Waals surface area contributed by atoms with Gasteiger partial charge < -0.3 is 9.64 Å². The molecule has 0 radical (unpaired) electrons. The molecule has 2 aromatic heterocycles. The van der Waals surface area contributed by atoms with E-state index in [0.29, 0.717) is 22.7 Å². The van der Waals surface area contributed by atoms with Crippen molar-refractivity contribution in [3.63, 3.8) is 0 Å². The van der Waals surface area contributed by atoms with E-state index in [4.69, 9.17) is 4.74 Å². The SMILES string of the molecule is COc1ccc(C2CC(C)N(c3ccc(C(=O)Nc4nncs4)cn3)C2)cc1. The van der Waals surface area contributed by atoms with E-state index in [2.05, 4.69) is 44.5 Å². The highest BCUT2D eigenvalue weighted by Crippen LogP contribution is 2.34. The van der Waals surface area contributed by atoms with Crippen LogP contribution in [-0.4, -0.2) is 40.8 Å². The summed E-state index contributed by atoms with van der Waals surface area (Å²) >= 11 is 1.28. The molecule has 1 fully saturated rings. The summed E-state index contributed by atoms with van der Waals surface area (Å²) in [7, 11) is 1.68. The number of hydrogen-bond donors (Lipinski definition) is 1. The number of benzene rings is 1. The summed E-state index contributed by atoms with van der Waals surface area (Å²) in [5.41, 5.74) is 3.38. The molecule has 2 unspecified atom stereocenters. The summed E-state index contributed by atoms with van der Waals surface area (Å²) in [5.74, 6) is 1.97. The highest BCUT2D eigenvalue weighted by atomic mass is 32.1. The van der Waals surface area contributed by atoms with Gasteiger partial charge in [-0.05, 0) is 43.2 Å². The van der Waals surface area contributed by atoms with E-state index in [1.54, 1.807) is 24.9 Å². The maximum Gasteiger partial charge on any atom is 0.259 e. The van der Waals surface area contributed by atoms with Crippen LogP contribution in [0, 0.1) is 0 Å². The van der Waals surface area contributed by atoms with Gasteiger partial charge >= 0.3 is 0 Å². The van der Waals surface area contributed by atoms with E-state index in [9.17, 15) is 4.79 Å². The molecule has 4 rings (SSSR count). The number of hydrogen-bond acceptors (Lipinski definition) is 7. The minimum atomic E-state index is -0.235. The highest BCUT2D eigenvalue weighted by molar-refractivity contribution is 7.13. The van der Waals surface area contributed by atoms with Crippen LogP contribution in [0.25, 0.3) is 0 Å². The molecule has 0 saturated carbocycles. The summed E-state index contributed by atoms with van der Waals surface area (Å²) in [6, 6.07) is 12.4. The molecule has 1 amide bonds. The number of pyridine rings is 1. The first-order valence-corrected chi connectivity index (χ1v) is 9.96. The highest BCUT2D eigenvalue weighted by Gasteiger charge is 2.31. The monoisotopic (exact) mass is 395 g/mol. The molecule has 8 heteroatoms. The molecule has 0 bridgehead atoms. The number of nitrogens with zero attached hydrogens (tertiary/aromatic N) is 4. The normalized spacial score (nSPS) is 18.9. The lowest BCUT2D eigenvalue weighted by Crippen LogP contribution is -2.27. The third-order valence-electron chi connectivity index (χ3n) is 5.05. The van der Waals surface area contributed by atoms with Gasteiger partial charge in [0.1, 0.15) is 17.1 Å². The molecule has 1 aliphatic rings. The average molecular weight is 395 g/mol. The van der Waals surface area contributed by atoms with Crippen molar-refractivity contribution in [2.45, 2.75) is 25.3 Å². The van der Waals surface area contributed by atoms with Gasteiger partial charge in [0.15, 0.2) is 0 Å². The number of carbonyl (C=O) groups is 1. The number of carbonyl (C=O) groups excluding carboxylic acids is 1. The van der Waals surface area contributed by atoms with Crippen LogP contribution in [0.2, 0.25) is 0 Å². The molecule has 7 nitrogen and oxygen atoms in total. The van der Waals surface area contributed by atoms with Crippen LogP contribution in [0.1, 0.15) is 35.2 Å². The van der Waals surface area contributed by atoms with E-state index in [0.717, 1.165) is 24.5 Å². The Bertz CT molecular complexity index is 928. The maximum absolute atomic E-state index is 12.3. The fourth-order valence-corrected chi connectivity index (χ4v) is 3.99. The largest absolute Gasteiger partial charge is 0.497 e. The molecule has 28 heavy (non-hydrogen) atoms. The Labute approximate surface area is 167 Å². The number of rotatable bonds is 5. The van der Waals surface area contributed by atoms with E-state index in [1.807, 2.05) is 18.2 Å².